The van der Waals surface area contributed by atoms with Crippen LogP contribution in [0.3, 0.4) is 0 Å². The molecule has 4 N–H and O–H groups in total. The van der Waals surface area contributed by atoms with Crippen LogP contribution in [-0.4, -0.2) is 70.1 Å². The summed E-state index contributed by atoms with van der Waals surface area (Å²) >= 11 is 0. The highest BCUT2D eigenvalue weighted by Crippen LogP contribution is 2.37. The molecule has 1 aliphatic rings. The number of benzene rings is 3. The maximum atomic E-state index is 14.3. The van der Waals surface area contributed by atoms with Gasteiger partial charge in [0.25, 0.3) is 5.91 Å². The van der Waals surface area contributed by atoms with Gasteiger partial charge in [-0.25, -0.2) is 4.79 Å². The standard InChI is InChI=1S/C31H37N5O6/c1-19(33-2)29(38)34-24-18-35(28(37)10-7-15-32)25-8-5-6-9-26(25)36(30(24)39)17-23-22-13-11-21(31(40)42-4)16-20(22)12-14-27(23)41-3/h5-6,8-9,11-14,16,19,24,33H,7,10,15,17-18,32H2,1-4H3,(H,34,38)/t19-,24-/m0/s1. The van der Waals surface area contributed by atoms with Crippen molar-refractivity contribution in [3.05, 3.63) is 65.7 Å². The number of nitrogens with two attached hydrogens (primary N) is 1. The summed E-state index contributed by atoms with van der Waals surface area (Å²) in [6.07, 6.45) is 0.691. The van der Waals surface area contributed by atoms with Gasteiger partial charge in [-0.15, -0.1) is 0 Å². The number of carbonyl (C=O) groups is 4. The molecule has 0 saturated heterocycles. The summed E-state index contributed by atoms with van der Waals surface area (Å²) < 4.78 is 10.6. The molecular weight excluding hydrogens is 538 g/mol. The SMILES string of the molecule is CN[C@@H](C)C(=O)N[C@H]1CN(C(=O)CCCN)c2ccccc2N(Cc2c(OC)ccc3cc(C(=O)OC)ccc23)C1=O. The van der Waals surface area contributed by atoms with E-state index in [0.29, 0.717) is 41.2 Å². The van der Waals surface area contributed by atoms with Crippen molar-refractivity contribution in [1.82, 2.24) is 10.6 Å². The van der Waals surface area contributed by atoms with Crippen LogP contribution in [0.5, 0.6) is 5.75 Å². The first-order valence-electron chi connectivity index (χ1n) is 13.8. The number of para-hydroxylation sites is 2. The lowest BCUT2D eigenvalue weighted by molar-refractivity contribution is -0.128. The van der Waals surface area contributed by atoms with Crippen molar-refractivity contribution in [2.75, 3.05) is 44.2 Å². The first-order chi connectivity index (χ1) is 20.2. The molecule has 42 heavy (non-hydrogen) atoms. The van der Waals surface area contributed by atoms with Gasteiger partial charge >= 0.3 is 5.97 Å². The van der Waals surface area contributed by atoms with Crippen molar-refractivity contribution < 1.29 is 28.7 Å². The van der Waals surface area contributed by atoms with Crippen molar-refractivity contribution >= 4 is 45.8 Å². The summed E-state index contributed by atoms with van der Waals surface area (Å²) in [5, 5.41) is 7.27. The number of carbonyl (C=O) groups excluding carboxylic acids is 4. The van der Waals surface area contributed by atoms with Crippen LogP contribution in [0.2, 0.25) is 0 Å². The smallest absolute Gasteiger partial charge is 0.337 e. The molecule has 1 aliphatic heterocycles. The van der Waals surface area contributed by atoms with Gasteiger partial charge in [-0.05, 0) is 68.0 Å². The van der Waals surface area contributed by atoms with E-state index >= 15 is 0 Å². The number of methoxy groups -OCH3 is 2. The average molecular weight is 576 g/mol. The highest BCUT2D eigenvalue weighted by Gasteiger charge is 2.37. The van der Waals surface area contributed by atoms with E-state index in [2.05, 4.69) is 10.6 Å². The van der Waals surface area contributed by atoms with Gasteiger partial charge in [-0.3, -0.25) is 14.4 Å². The third-order valence-electron chi connectivity index (χ3n) is 7.48. The number of rotatable bonds is 10. The number of esters is 1. The summed E-state index contributed by atoms with van der Waals surface area (Å²) in [6.45, 7) is 2.08. The Morgan fingerprint density at radius 1 is 1.07 bits per heavy atom. The Hall–Kier alpha value is -4.48. The Morgan fingerprint density at radius 2 is 1.81 bits per heavy atom. The summed E-state index contributed by atoms with van der Waals surface area (Å²) in [6, 6.07) is 14.4. The van der Waals surface area contributed by atoms with Gasteiger partial charge in [0.15, 0.2) is 0 Å². The Morgan fingerprint density at radius 3 is 2.48 bits per heavy atom. The molecule has 1 heterocycles. The second-order valence-corrected chi connectivity index (χ2v) is 10.1. The van der Waals surface area contributed by atoms with Crippen molar-refractivity contribution in [2.45, 2.75) is 38.4 Å². The molecule has 11 heteroatoms. The van der Waals surface area contributed by atoms with E-state index in [1.165, 1.54) is 7.11 Å². The molecule has 0 aromatic heterocycles. The zero-order chi connectivity index (χ0) is 30.4. The van der Waals surface area contributed by atoms with Gasteiger partial charge in [0.1, 0.15) is 11.8 Å². The highest BCUT2D eigenvalue weighted by atomic mass is 16.5. The van der Waals surface area contributed by atoms with Gasteiger partial charge < -0.3 is 35.6 Å². The number of amides is 3. The van der Waals surface area contributed by atoms with Crippen LogP contribution in [0.25, 0.3) is 10.8 Å². The number of hydrogen-bond acceptors (Lipinski definition) is 8. The first kappa shape index (κ1) is 30.5. The quantitative estimate of drug-likeness (QED) is 0.313. The molecule has 4 rings (SSSR count). The van der Waals surface area contributed by atoms with Gasteiger partial charge in [-0.1, -0.05) is 24.3 Å². The van der Waals surface area contributed by atoms with E-state index in [1.54, 1.807) is 79.4 Å². The Bertz CT molecular complexity index is 1490. The fourth-order valence-electron chi connectivity index (χ4n) is 5.04. The molecular formula is C31H37N5O6. The lowest BCUT2D eigenvalue weighted by Crippen LogP contribution is -2.55. The molecule has 222 valence electrons. The van der Waals surface area contributed by atoms with Crippen molar-refractivity contribution in [3.63, 3.8) is 0 Å². The molecule has 0 bridgehead atoms. The summed E-state index contributed by atoms with van der Waals surface area (Å²) in [7, 11) is 4.53. The van der Waals surface area contributed by atoms with Crippen LogP contribution in [0, 0.1) is 0 Å². The molecule has 0 spiro atoms. The molecule has 3 amide bonds. The van der Waals surface area contributed by atoms with Crippen LogP contribution in [0.1, 0.15) is 35.7 Å². The van der Waals surface area contributed by atoms with Gasteiger partial charge in [0, 0.05) is 12.0 Å². The number of nitrogens with zero attached hydrogens (tertiary/aromatic N) is 2. The molecule has 11 nitrogen and oxygen atoms in total. The zero-order valence-corrected chi connectivity index (χ0v) is 24.3. The fraction of sp³-hybridized carbons (Fsp3) is 0.355. The number of nitrogens with one attached hydrogen (secondary N) is 2. The summed E-state index contributed by atoms with van der Waals surface area (Å²) in [5.41, 5.74) is 7.84. The third-order valence-corrected chi connectivity index (χ3v) is 7.48. The largest absolute Gasteiger partial charge is 0.496 e. The van der Waals surface area contributed by atoms with E-state index in [9.17, 15) is 19.2 Å². The maximum absolute atomic E-state index is 14.3. The second kappa shape index (κ2) is 13.5. The van der Waals surface area contributed by atoms with Crippen molar-refractivity contribution in [2.24, 2.45) is 5.73 Å². The Labute approximate surface area is 244 Å². The van der Waals surface area contributed by atoms with Crippen LogP contribution in [-0.2, 0) is 25.7 Å². The van der Waals surface area contributed by atoms with E-state index in [1.807, 2.05) is 6.07 Å². The molecule has 0 saturated carbocycles. The topological polar surface area (TPSA) is 143 Å². The molecule has 0 fully saturated rings. The van der Waals surface area contributed by atoms with Gasteiger partial charge in [0.2, 0.25) is 11.8 Å². The molecule has 3 aromatic rings. The van der Waals surface area contributed by atoms with E-state index in [4.69, 9.17) is 15.2 Å². The molecule has 2 atom stereocenters. The minimum Gasteiger partial charge on any atom is -0.496 e. The molecule has 3 aromatic carbocycles. The predicted octanol–water partition coefficient (Wildman–Crippen LogP) is 2.35. The normalized spacial score (nSPS) is 15.5. The lowest BCUT2D eigenvalue weighted by atomic mass is 10.00. The van der Waals surface area contributed by atoms with Crippen molar-refractivity contribution in [3.8, 4) is 5.75 Å². The number of anilines is 2. The lowest BCUT2D eigenvalue weighted by Gasteiger charge is -2.27. The fourth-order valence-corrected chi connectivity index (χ4v) is 5.04. The Balaban J connectivity index is 1.85. The Kier molecular flexibility index (Phi) is 9.76. The van der Waals surface area contributed by atoms with Crippen LogP contribution < -0.4 is 30.9 Å². The van der Waals surface area contributed by atoms with Gasteiger partial charge in [-0.2, -0.15) is 0 Å². The van der Waals surface area contributed by atoms with Crippen molar-refractivity contribution in [1.29, 1.82) is 0 Å². The summed E-state index contributed by atoms with van der Waals surface area (Å²) in [5.74, 6) is -0.850. The summed E-state index contributed by atoms with van der Waals surface area (Å²) in [4.78, 5) is 56.0. The van der Waals surface area contributed by atoms with Crippen LogP contribution in [0.4, 0.5) is 11.4 Å². The van der Waals surface area contributed by atoms with Gasteiger partial charge in [0.05, 0.1) is 50.3 Å². The highest BCUT2D eigenvalue weighted by molar-refractivity contribution is 6.08. The van der Waals surface area contributed by atoms with Crippen LogP contribution >= 0.6 is 0 Å². The van der Waals surface area contributed by atoms with E-state index < -0.39 is 18.1 Å². The zero-order valence-electron chi connectivity index (χ0n) is 24.3. The van der Waals surface area contributed by atoms with Crippen LogP contribution in [0.15, 0.2) is 54.6 Å². The number of fused-ring (bicyclic) bond motifs is 2. The maximum Gasteiger partial charge on any atom is 0.337 e. The average Bonchev–Trinajstić information content (AvgIpc) is 3.13. The molecule has 0 aliphatic carbocycles. The molecule has 0 radical (unpaired) electrons. The predicted molar refractivity (Wildman–Crippen MR) is 161 cm³/mol. The monoisotopic (exact) mass is 575 g/mol. The number of ether oxygens (including phenoxy) is 2. The number of likely N-dealkylation sites (N-methyl/N-ethyl adjacent to an activating group) is 1. The number of hydrogen-bond donors (Lipinski definition) is 3. The first-order valence-corrected chi connectivity index (χ1v) is 13.8. The molecule has 0 unspecified atom stereocenters. The van der Waals surface area contributed by atoms with E-state index in [0.717, 1.165) is 10.8 Å². The minimum atomic E-state index is -1.02. The third kappa shape index (κ3) is 6.22. The second-order valence-electron chi connectivity index (χ2n) is 10.1. The van der Waals surface area contributed by atoms with E-state index in [-0.39, 0.29) is 37.2 Å². The minimum absolute atomic E-state index is 0.0346.